The molecule has 0 spiro atoms. The number of nitrogens with two attached hydrogens (primary N) is 1. The highest BCUT2D eigenvalue weighted by atomic mass is 15.3. The molecular weight excluding hydrogens is 234 g/mol. The number of hydrogen-bond donors (Lipinski definition) is 1. The molecule has 3 saturated heterocycles. The zero-order chi connectivity index (χ0) is 12.9. The van der Waals surface area contributed by atoms with Crippen LogP contribution in [0.2, 0.25) is 0 Å². The van der Waals surface area contributed by atoms with Gasteiger partial charge in [0.1, 0.15) is 0 Å². The molecule has 108 valence electrons. The second-order valence-electron chi connectivity index (χ2n) is 7.44. The Balaban J connectivity index is 1.61. The highest BCUT2D eigenvalue weighted by Crippen LogP contribution is 2.46. The van der Waals surface area contributed by atoms with Gasteiger partial charge in [-0.25, -0.2) is 0 Å². The van der Waals surface area contributed by atoms with Crippen LogP contribution in [-0.4, -0.2) is 54.1 Å². The molecule has 19 heavy (non-hydrogen) atoms. The van der Waals surface area contributed by atoms with Crippen LogP contribution < -0.4 is 5.73 Å². The smallest absolute Gasteiger partial charge is 0.0387 e. The van der Waals surface area contributed by atoms with E-state index in [4.69, 9.17) is 5.73 Å². The van der Waals surface area contributed by atoms with Crippen LogP contribution in [0.25, 0.3) is 0 Å². The fourth-order valence-corrected chi connectivity index (χ4v) is 5.75. The van der Waals surface area contributed by atoms with E-state index in [2.05, 4.69) is 9.80 Å². The molecule has 0 aromatic carbocycles. The predicted octanol–water partition coefficient (Wildman–Crippen LogP) is 1.67. The van der Waals surface area contributed by atoms with E-state index in [9.17, 15) is 0 Å². The lowest BCUT2D eigenvalue weighted by molar-refractivity contribution is -0.0145. The van der Waals surface area contributed by atoms with Crippen LogP contribution in [0.3, 0.4) is 0 Å². The summed E-state index contributed by atoms with van der Waals surface area (Å²) in [5.41, 5.74) is 6.73. The molecule has 5 atom stereocenters. The third-order valence-corrected chi connectivity index (χ3v) is 6.83. The van der Waals surface area contributed by atoms with Gasteiger partial charge >= 0.3 is 0 Å². The van der Waals surface area contributed by atoms with Crippen molar-refractivity contribution >= 4 is 0 Å². The summed E-state index contributed by atoms with van der Waals surface area (Å²) in [6.45, 7) is 6.18. The molecule has 2 bridgehead atoms. The Kier molecular flexibility index (Phi) is 3.13. The highest BCUT2D eigenvalue weighted by Gasteiger charge is 2.53. The molecule has 3 heteroatoms. The lowest BCUT2D eigenvalue weighted by Gasteiger charge is -2.52. The molecule has 4 aliphatic rings. The van der Waals surface area contributed by atoms with E-state index in [0.717, 1.165) is 24.4 Å². The number of hydrogen-bond acceptors (Lipinski definition) is 3. The van der Waals surface area contributed by atoms with Gasteiger partial charge in [-0.3, -0.25) is 4.90 Å². The van der Waals surface area contributed by atoms with E-state index in [1.165, 1.54) is 71.1 Å². The molecule has 4 rings (SSSR count). The Morgan fingerprint density at radius 3 is 2.79 bits per heavy atom. The van der Waals surface area contributed by atoms with Gasteiger partial charge in [0.2, 0.25) is 0 Å². The van der Waals surface area contributed by atoms with Gasteiger partial charge in [0, 0.05) is 24.7 Å². The third kappa shape index (κ3) is 1.81. The molecule has 0 aromatic heterocycles. The lowest BCUT2D eigenvalue weighted by atomic mass is 9.75. The number of nitrogens with zero attached hydrogens (tertiary/aromatic N) is 2. The van der Waals surface area contributed by atoms with E-state index >= 15 is 0 Å². The van der Waals surface area contributed by atoms with Gasteiger partial charge in [-0.2, -0.15) is 0 Å². The molecule has 0 amide bonds. The standard InChI is InChI=1S/C16H29N3/c17-12-16(7-10-18-8-6-14(16)11-18)19-9-5-13-3-1-2-4-15(13)19/h13-15H,1-12,17H2. The normalized spacial score (nSPS) is 50.4. The van der Waals surface area contributed by atoms with Gasteiger partial charge in [-0.1, -0.05) is 12.8 Å². The summed E-state index contributed by atoms with van der Waals surface area (Å²) in [4.78, 5) is 5.58. The molecule has 4 fully saturated rings. The molecule has 1 aliphatic carbocycles. The van der Waals surface area contributed by atoms with Crippen LogP contribution >= 0.6 is 0 Å². The van der Waals surface area contributed by atoms with Gasteiger partial charge in [-0.15, -0.1) is 0 Å². The summed E-state index contributed by atoms with van der Waals surface area (Å²) in [6, 6.07) is 0.879. The summed E-state index contributed by atoms with van der Waals surface area (Å²) in [5, 5.41) is 0. The largest absolute Gasteiger partial charge is 0.329 e. The first-order valence-corrected chi connectivity index (χ1v) is 8.53. The predicted molar refractivity (Wildman–Crippen MR) is 78.0 cm³/mol. The maximum absolute atomic E-state index is 6.36. The minimum atomic E-state index is 0.365. The Morgan fingerprint density at radius 2 is 1.89 bits per heavy atom. The monoisotopic (exact) mass is 263 g/mol. The first-order chi connectivity index (χ1) is 9.33. The Labute approximate surface area is 117 Å². The summed E-state index contributed by atoms with van der Waals surface area (Å²) in [7, 11) is 0. The van der Waals surface area contributed by atoms with E-state index < -0.39 is 0 Å². The first-order valence-electron chi connectivity index (χ1n) is 8.53. The van der Waals surface area contributed by atoms with Crippen LogP contribution in [0.5, 0.6) is 0 Å². The molecule has 0 aromatic rings. The summed E-state index contributed by atoms with van der Waals surface area (Å²) < 4.78 is 0. The van der Waals surface area contributed by atoms with Gasteiger partial charge in [-0.05, 0) is 63.6 Å². The van der Waals surface area contributed by atoms with Crippen molar-refractivity contribution in [2.24, 2.45) is 17.6 Å². The van der Waals surface area contributed by atoms with Crippen LogP contribution in [0, 0.1) is 11.8 Å². The minimum Gasteiger partial charge on any atom is -0.329 e. The van der Waals surface area contributed by atoms with Crippen molar-refractivity contribution in [1.82, 2.24) is 9.80 Å². The maximum atomic E-state index is 6.36. The second kappa shape index (κ2) is 4.71. The van der Waals surface area contributed by atoms with E-state index in [1.807, 2.05) is 0 Å². The van der Waals surface area contributed by atoms with Gasteiger partial charge in [0.05, 0.1) is 0 Å². The lowest BCUT2D eigenvalue weighted by Crippen LogP contribution is -2.64. The van der Waals surface area contributed by atoms with E-state index in [-0.39, 0.29) is 0 Å². The molecule has 1 saturated carbocycles. The molecule has 3 aliphatic heterocycles. The van der Waals surface area contributed by atoms with E-state index in [1.54, 1.807) is 0 Å². The Morgan fingerprint density at radius 1 is 1.00 bits per heavy atom. The zero-order valence-electron chi connectivity index (χ0n) is 12.2. The van der Waals surface area contributed by atoms with Crippen molar-refractivity contribution in [2.75, 3.05) is 32.7 Å². The molecule has 3 nitrogen and oxygen atoms in total. The van der Waals surface area contributed by atoms with Crippen molar-refractivity contribution in [2.45, 2.75) is 56.5 Å². The average Bonchev–Trinajstić information content (AvgIpc) is 3.06. The number of piperidine rings is 1. The van der Waals surface area contributed by atoms with Crippen molar-refractivity contribution in [3.63, 3.8) is 0 Å². The highest BCUT2D eigenvalue weighted by molar-refractivity contribution is 5.09. The zero-order valence-corrected chi connectivity index (χ0v) is 12.2. The number of rotatable bonds is 2. The molecule has 5 unspecified atom stereocenters. The Bertz CT molecular complexity index is 345. The van der Waals surface area contributed by atoms with Crippen molar-refractivity contribution in [3.8, 4) is 0 Å². The number of fused-ring (bicyclic) bond motifs is 3. The van der Waals surface area contributed by atoms with Crippen LogP contribution in [0.15, 0.2) is 0 Å². The molecular formula is C16H29N3. The molecule has 3 heterocycles. The molecule has 2 N–H and O–H groups in total. The summed E-state index contributed by atoms with van der Waals surface area (Å²) in [6.07, 6.45) is 10.0. The summed E-state index contributed by atoms with van der Waals surface area (Å²) in [5.74, 6) is 1.85. The van der Waals surface area contributed by atoms with Crippen molar-refractivity contribution in [1.29, 1.82) is 0 Å². The maximum Gasteiger partial charge on any atom is 0.0387 e. The minimum absolute atomic E-state index is 0.365. The van der Waals surface area contributed by atoms with Gasteiger partial charge in [0.15, 0.2) is 0 Å². The topological polar surface area (TPSA) is 32.5 Å². The van der Waals surface area contributed by atoms with Crippen LogP contribution in [-0.2, 0) is 0 Å². The quantitative estimate of drug-likeness (QED) is 0.822. The second-order valence-corrected chi connectivity index (χ2v) is 7.44. The SMILES string of the molecule is NCC1(N2CCC3CCCCC32)CCN2CCC1C2. The fraction of sp³-hybridized carbons (Fsp3) is 1.00. The average molecular weight is 263 g/mol. The van der Waals surface area contributed by atoms with Gasteiger partial charge < -0.3 is 10.6 Å². The number of likely N-dealkylation sites (tertiary alicyclic amines) is 1. The van der Waals surface area contributed by atoms with Crippen molar-refractivity contribution in [3.05, 3.63) is 0 Å². The van der Waals surface area contributed by atoms with E-state index in [0.29, 0.717) is 5.54 Å². The van der Waals surface area contributed by atoms with Crippen LogP contribution in [0.1, 0.15) is 44.9 Å². The van der Waals surface area contributed by atoms with Crippen LogP contribution in [0.4, 0.5) is 0 Å². The summed E-state index contributed by atoms with van der Waals surface area (Å²) >= 11 is 0. The van der Waals surface area contributed by atoms with Gasteiger partial charge in [0.25, 0.3) is 0 Å². The Hall–Kier alpha value is -0.120. The molecule has 0 radical (unpaired) electrons. The first kappa shape index (κ1) is 12.6. The van der Waals surface area contributed by atoms with Crippen molar-refractivity contribution < 1.29 is 0 Å². The third-order valence-electron chi connectivity index (χ3n) is 6.83. The fourth-order valence-electron chi connectivity index (χ4n) is 5.75.